The summed E-state index contributed by atoms with van der Waals surface area (Å²) in [6.45, 7) is 0.733. The zero-order valence-electron chi connectivity index (χ0n) is 14.1. The highest BCUT2D eigenvalue weighted by Gasteiger charge is 2.35. The lowest BCUT2D eigenvalue weighted by Crippen LogP contribution is -2.25. The quantitative estimate of drug-likeness (QED) is 0.676. The van der Waals surface area contributed by atoms with E-state index in [1.165, 1.54) is 24.4 Å². The van der Waals surface area contributed by atoms with Crippen LogP contribution in [0.25, 0.3) is 11.3 Å². The minimum atomic E-state index is -4.54. The van der Waals surface area contributed by atoms with Crippen LogP contribution >= 0.6 is 0 Å². The molecule has 1 amide bonds. The summed E-state index contributed by atoms with van der Waals surface area (Å²) in [5, 5.41) is 0. The fourth-order valence-electron chi connectivity index (χ4n) is 3.18. The molecule has 2 aromatic heterocycles. The number of rotatable bonds is 2. The molecule has 1 aromatic carbocycles. The number of fused-ring (bicyclic) bond motifs is 1. The number of amides is 1. The van der Waals surface area contributed by atoms with Crippen LogP contribution in [-0.4, -0.2) is 20.8 Å². The van der Waals surface area contributed by atoms with E-state index >= 15 is 0 Å². The minimum Gasteiger partial charge on any atom is -0.328 e. The Morgan fingerprint density at radius 1 is 0.963 bits per heavy atom. The van der Waals surface area contributed by atoms with E-state index in [1.54, 1.807) is 29.3 Å². The predicted octanol–water partition coefficient (Wildman–Crippen LogP) is 4.32. The lowest BCUT2D eigenvalue weighted by molar-refractivity contribution is -0.137. The Labute approximate surface area is 153 Å². The van der Waals surface area contributed by atoms with Gasteiger partial charge in [0, 0.05) is 30.1 Å². The highest BCUT2D eigenvalue weighted by molar-refractivity contribution is 5.96. The Morgan fingerprint density at radius 3 is 2.48 bits per heavy atom. The van der Waals surface area contributed by atoms with Crippen molar-refractivity contribution in [3.63, 3.8) is 0 Å². The van der Waals surface area contributed by atoms with E-state index in [4.69, 9.17) is 0 Å². The molecule has 1 aliphatic rings. The van der Waals surface area contributed by atoms with Crippen molar-refractivity contribution >= 4 is 5.91 Å². The van der Waals surface area contributed by atoms with Gasteiger partial charge in [0.25, 0.3) is 5.91 Å². The summed E-state index contributed by atoms with van der Waals surface area (Å²) in [5.41, 5.74) is 1.20. The van der Waals surface area contributed by atoms with Gasteiger partial charge in [0.1, 0.15) is 0 Å². The summed E-state index contributed by atoms with van der Waals surface area (Å²) >= 11 is 0. The Hall–Kier alpha value is -3.22. The molecule has 0 saturated heterocycles. The van der Waals surface area contributed by atoms with Crippen LogP contribution in [0.2, 0.25) is 0 Å². The highest BCUT2D eigenvalue weighted by Crippen LogP contribution is 2.37. The van der Waals surface area contributed by atoms with Crippen LogP contribution < -0.4 is 0 Å². The first-order valence-corrected chi connectivity index (χ1v) is 8.28. The van der Waals surface area contributed by atoms with E-state index in [0.717, 1.165) is 17.3 Å². The lowest BCUT2D eigenvalue weighted by atomic mass is 9.99. The van der Waals surface area contributed by atoms with Crippen molar-refractivity contribution in [2.45, 2.75) is 19.3 Å². The summed E-state index contributed by atoms with van der Waals surface area (Å²) in [7, 11) is 0. The number of carbonyl (C=O) groups excluding carboxylic acids is 1. The summed E-state index contributed by atoms with van der Waals surface area (Å²) in [6.07, 6.45) is -1.46. The Kier molecular flexibility index (Phi) is 4.14. The van der Waals surface area contributed by atoms with Crippen molar-refractivity contribution < 1.29 is 18.0 Å². The van der Waals surface area contributed by atoms with Gasteiger partial charge >= 0.3 is 6.18 Å². The minimum absolute atomic E-state index is 0.108. The van der Waals surface area contributed by atoms with Gasteiger partial charge in [-0.15, -0.1) is 0 Å². The van der Waals surface area contributed by atoms with Gasteiger partial charge < -0.3 is 4.90 Å². The molecule has 0 N–H and O–H groups in total. The molecule has 0 atom stereocenters. The topological polar surface area (TPSA) is 46.1 Å². The number of hydrogen-bond donors (Lipinski definition) is 0. The molecule has 0 unspecified atom stereocenters. The SMILES string of the molecule is O=C(c1ccc(C(F)(F)F)c(-c2ccccn2)c1)N1Cc2cccnc2C1. The standard InChI is InChI=1S/C20H14F3N3O/c21-20(22,23)16-7-6-13(10-15(16)17-5-1-2-8-24-17)19(27)26-11-14-4-3-9-25-18(14)12-26/h1-10H,11-12H2. The number of halogens is 3. The highest BCUT2D eigenvalue weighted by atomic mass is 19.4. The first-order valence-electron chi connectivity index (χ1n) is 8.28. The molecule has 27 heavy (non-hydrogen) atoms. The Bertz CT molecular complexity index is 978. The largest absolute Gasteiger partial charge is 0.417 e. The average Bonchev–Trinajstić information content (AvgIpc) is 3.11. The van der Waals surface area contributed by atoms with Gasteiger partial charge in [-0.3, -0.25) is 14.8 Å². The van der Waals surface area contributed by atoms with Crippen LogP contribution in [0.5, 0.6) is 0 Å². The molecule has 0 fully saturated rings. The summed E-state index contributed by atoms with van der Waals surface area (Å²) in [5.74, 6) is -0.334. The zero-order valence-corrected chi connectivity index (χ0v) is 14.1. The van der Waals surface area contributed by atoms with Gasteiger partial charge in [0.05, 0.1) is 23.5 Å². The first-order chi connectivity index (χ1) is 12.9. The Morgan fingerprint density at radius 2 is 1.78 bits per heavy atom. The molecule has 0 saturated carbocycles. The average molecular weight is 369 g/mol. The van der Waals surface area contributed by atoms with Gasteiger partial charge in [0.15, 0.2) is 0 Å². The van der Waals surface area contributed by atoms with Crippen LogP contribution in [0.3, 0.4) is 0 Å². The van der Waals surface area contributed by atoms with Gasteiger partial charge in [-0.1, -0.05) is 12.1 Å². The van der Waals surface area contributed by atoms with Crippen molar-refractivity contribution in [2.75, 3.05) is 0 Å². The number of aromatic nitrogens is 2. The van der Waals surface area contributed by atoms with E-state index < -0.39 is 11.7 Å². The van der Waals surface area contributed by atoms with Crippen molar-refractivity contribution in [1.29, 1.82) is 0 Å². The molecule has 3 aromatic rings. The van der Waals surface area contributed by atoms with Crippen molar-refractivity contribution in [3.8, 4) is 11.3 Å². The fraction of sp³-hybridized carbons (Fsp3) is 0.150. The second-order valence-corrected chi connectivity index (χ2v) is 6.24. The molecule has 0 bridgehead atoms. The molecular weight excluding hydrogens is 355 g/mol. The normalized spacial score (nSPS) is 13.5. The van der Waals surface area contributed by atoms with Crippen molar-refractivity contribution in [3.05, 3.63) is 83.3 Å². The third-order valence-electron chi connectivity index (χ3n) is 4.49. The van der Waals surface area contributed by atoms with Gasteiger partial charge in [-0.05, 0) is 42.0 Å². The fourth-order valence-corrected chi connectivity index (χ4v) is 3.18. The zero-order chi connectivity index (χ0) is 19.0. The third-order valence-corrected chi connectivity index (χ3v) is 4.49. The maximum atomic E-state index is 13.4. The summed E-state index contributed by atoms with van der Waals surface area (Å²) in [4.78, 5) is 22.7. The molecule has 7 heteroatoms. The molecule has 4 nitrogen and oxygen atoms in total. The van der Waals surface area contributed by atoms with E-state index in [0.29, 0.717) is 13.1 Å². The van der Waals surface area contributed by atoms with Gasteiger partial charge in [-0.25, -0.2) is 0 Å². The number of pyridine rings is 2. The maximum absolute atomic E-state index is 13.4. The van der Waals surface area contributed by atoms with Gasteiger partial charge in [-0.2, -0.15) is 13.2 Å². The molecule has 3 heterocycles. The molecule has 4 rings (SSSR count). The van der Waals surface area contributed by atoms with Crippen LogP contribution in [0.1, 0.15) is 27.2 Å². The second-order valence-electron chi connectivity index (χ2n) is 6.24. The number of hydrogen-bond acceptors (Lipinski definition) is 3. The Balaban J connectivity index is 1.71. The molecule has 1 aliphatic heterocycles. The van der Waals surface area contributed by atoms with E-state index in [9.17, 15) is 18.0 Å². The van der Waals surface area contributed by atoms with Crippen molar-refractivity contribution in [2.24, 2.45) is 0 Å². The summed E-state index contributed by atoms with van der Waals surface area (Å²) in [6, 6.07) is 11.8. The monoisotopic (exact) mass is 369 g/mol. The molecule has 0 radical (unpaired) electrons. The van der Waals surface area contributed by atoms with Crippen LogP contribution in [0, 0.1) is 0 Å². The molecule has 136 valence electrons. The van der Waals surface area contributed by atoms with Gasteiger partial charge in [0.2, 0.25) is 0 Å². The van der Waals surface area contributed by atoms with E-state index in [-0.39, 0.29) is 22.7 Å². The smallest absolute Gasteiger partial charge is 0.328 e. The lowest BCUT2D eigenvalue weighted by Gasteiger charge is -2.18. The third kappa shape index (κ3) is 3.28. The van der Waals surface area contributed by atoms with Crippen LogP contribution in [-0.2, 0) is 19.3 Å². The number of alkyl halides is 3. The van der Waals surface area contributed by atoms with E-state index in [2.05, 4.69) is 9.97 Å². The second kappa shape index (κ2) is 6.50. The van der Waals surface area contributed by atoms with Crippen molar-refractivity contribution in [1.82, 2.24) is 14.9 Å². The molecular formula is C20H14F3N3O. The summed E-state index contributed by atoms with van der Waals surface area (Å²) < 4.78 is 40.2. The number of nitrogens with zero attached hydrogens (tertiary/aromatic N) is 3. The molecule has 0 aliphatic carbocycles. The number of benzene rings is 1. The number of carbonyl (C=O) groups is 1. The first kappa shape index (κ1) is 17.2. The predicted molar refractivity (Wildman–Crippen MR) is 92.5 cm³/mol. The van der Waals surface area contributed by atoms with Crippen LogP contribution in [0.15, 0.2) is 60.9 Å². The van der Waals surface area contributed by atoms with E-state index in [1.807, 2.05) is 6.07 Å². The maximum Gasteiger partial charge on any atom is 0.417 e. The molecule has 0 spiro atoms. The van der Waals surface area contributed by atoms with Crippen LogP contribution in [0.4, 0.5) is 13.2 Å².